The van der Waals surface area contributed by atoms with Crippen LogP contribution in [0.25, 0.3) is 0 Å². The van der Waals surface area contributed by atoms with E-state index in [0.717, 1.165) is 5.69 Å². The zero-order valence-electron chi connectivity index (χ0n) is 16.4. The molecule has 2 aromatic heterocycles. The van der Waals surface area contributed by atoms with E-state index < -0.39 is 10.0 Å². The van der Waals surface area contributed by atoms with Gasteiger partial charge < -0.3 is 9.64 Å². The number of carbonyl (C=O) groups excluding carboxylic acids is 1. The molecular weight excluding hydrogens is 404 g/mol. The van der Waals surface area contributed by atoms with Crippen molar-refractivity contribution in [2.75, 3.05) is 25.0 Å². The van der Waals surface area contributed by atoms with Crippen LogP contribution in [0.15, 0.2) is 78.1 Å². The Morgan fingerprint density at radius 2 is 1.77 bits per heavy atom. The van der Waals surface area contributed by atoms with Crippen LogP contribution in [0.4, 0.5) is 5.69 Å². The Balaban J connectivity index is 1.76. The van der Waals surface area contributed by atoms with E-state index in [0.29, 0.717) is 30.9 Å². The molecule has 0 aliphatic rings. The van der Waals surface area contributed by atoms with Crippen molar-refractivity contribution >= 4 is 21.6 Å². The Kier molecular flexibility index (Phi) is 7.10. The summed E-state index contributed by atoms with van der Waals surface area (Å²) in [7, 11) is -2.20. The lowest BCUT2D eigenvalue weighted by molar-refractivity contribution is 0.0678. The van der Waals surface area contributed by atoms with Crippen molar-refractivity contribution in [2.45, 2.75) is 11.4 Å². The topological polar surface area (TPSA) is 101 Å². The van der Waals surface area contributed by atoms with E-state index in [4.69, 9.17) is 4.74 Å². The van der Waals surface area contributed by atoms with Crippen LogP contribution in [0.5, 0.6) is 0 Å². The first kappa shape index (κ1) is 21.4. The summed E-state index contributed by atoms with van der Waals surface area (Å²) >= 11 is 0. The lowest BCUT2D eigenvalue weighted by atomic mass is 10.2. The molecule has 1 amide bonds. The van der Waals surface area contributed by atoms with E-state index in [2.05, 4.69) is 14.7 Å². The molecule has 0 spiro atoms. The molecule has 0 aliphatic heterocycles. The van der Waals surface area contributed by atoms with Gasteiger partial charge in [-0.15, -0.1) is 0 Å². The summed E-state index contributed by atoms with van der Waals surface area (Å²) in [6.07, 6.45) is 4.66. The number of rotatable bonds is 9. The molecule has 0 fully saturated rings. The van der Waals surface area contributed by atoms with Gasteiger partial charge in [0, 0.05) is 37.8 Å². The number of hydrogen-bond acceptors (Lipinski definition) is 6. The molecule has 0 bridgehead atoms. The maximum atomic E-state index is 13.0. The van der Waals surface area contributed by atoms with E-state index in [-0.39, 0.29) is 10.8 Å². The number of sulfonamides is 1. The number of amides is 1. The Hall–Kier alpha value is -3.30. The first-order valence-electron chi connectivity index (χ1n) is 9.20. The summed E-state index contributed by atoms with van der Waals surface area (Å²) in [5.74, 6) is -0.233. The second-order valence-electron chi connectivity index (χ2n) is 6.41. The minimum Gasteiger partial charge on any atom is -0.383 e. The number of aromatic nitrogens is 2. The second kappa shape index (κ2) is 9.95. The van der Waals surface area contributed by atoms with Gasteiger partial charge in [0.2, 0.25) is 0 Å². The third-order valence-electron chi connectivity index (χ3n) is 4.28. The molecule has 9 heteroatoms. The van der Waals surface area contributed by atoms with Gasteiger partial charge in [0.15, 0.2) is 0 Å². The third-order valence-corrected chi connectivity index (χ3v) is 5.67. The highest BCUT2D eigenvalue weighted by atomic mass is 32.2. The van der Waals surface area contributed by atoms with Crippen LogP contribution in [-0.4, -0.2) is 49.5 Å². The van der Waals surface area contributed by atoms with Crippen molar-refractivity contribution in [1.82, 2.24) is 14.9 Å². The fourth-order valence-corrected chi connectivity index (χ4v) is 3.79. The highest BCUT2D eigenvalue weighted by Gasteiger charge is 2.19. The lowest BCUT2D eigenvalue weighted by Crippen LogP contribution is -2.33. The second-order valence-corrected chi connectivity index (χ2v) is 8.09. The molecular formula is C21H22N4O4S. The predicted molar refractivity (Wildman–Crippen MR) is 112 cm³/mol. The third kappa shape index (κ3) is 5.62. The SMILES string of the molecule is COCCN(Cc1ccccn1)C(=O)c1ccc(S(=O)(=O)Nc2ccncc2)cc1. The summed E-state index contributed by atoms with van der Waals surface area (Å²) in [4.78, 5) is 22.8. The number of benzene rings is 1. The number of anilines is 1. The van der Waals surface area contributed by atoms with E-state index in [1.807, 2.05) is 18.2 Å². The summed E-state index contributed by atoms with van der Waals surface area (Å²) in [5.41, 5.74) is 1.54. The first-order valence-corrected chi connectivity index (χ1v) is 10.7. The van der Waals surface area contributed by atoms with E-state index >= 15 is 0 Å². The quantitative estimate of drug-likeness (QED) is 0.564. The first-order chi connectivity index (χ1) is 14.5. The molecule has 30 heavy (non-hydrogen) atoms. The zero-order chi connectivity index (χ0) is 21.4. The van der Waals surface area contributed by atoms with Gasteiger partial charge in [-0.1, -0.05) is 6.07 Å². The number of carbonyl (C=O) groups is 1. The summed E-state index contributed by atoms with van der Waals surface area (Å²) in [6, 6.07) is 14.4. The molecule has 1 aromatic carbocycles. The van der Waals surface area contributed by atoms with Crippen LogP contribution in [0.2, 0.25) is 0 Å². The van der Waals surface area contributed by atoms with Gasteiger partial charge in [0.1, 0.15) is 0 Å². The van der Waals surface area contributed by atoms with Crippen LogP contribution in [-0.2, 0) is 21.3 Å². The van der Waals surface area contributed by atoms with Crippen LogP contribution >= 0.6 is 0 Å². The van der Waals surface area contributed by atoms with E-state index in [1.54, 1.807) is 30.3 Å². The molecule has 0 saturated heterocycles. The molecule has 0 unspecified atom stereocenters. The molecule has 156 valence electrons. The van der Waals surface area contributed by atoms with Crippen LogP contribution < -0.4 is 4.72 Å². The molecule has 0 aliphatic carbocycles. The average molecular weight is 426 g/mol. The average Bonchev–Trinajstić information content (AvgIpc) is 2.77. The molecule has 0 atom stereocenters. The summed E-state index contributed by atoms with van der Waals surface area (Å²) in [6.45, 7) is 1.09. The number of hydrogen-bond donors (Lipinski definition) is 1. The highest BCUT2D eigenvalue weighted by molar-refractivity contribution is 7.92. The Labute approximate surface area is 175 Å². The maximum absolute atomic E-state index is 13.0. The van der Waals surface area contributed by atoms with Crippen molar-refractivity contribution in [2.24, 2.45) is 0 Å². The minimum atomic E-state index is -3.77. The molecule has 1 N–H and O–H groups in total. The van der Waals surface area contributed by atoms with Crippen LogP contribution in [0, 0.1) is 0 Å². The van der Waals surface area contributed by atoms with Gasteiger partial charge in [-0.25, -0.2) is 8.42 Å². The van der Waals surface area contributed by atoms with Gasteiger partial charge in [-0.3, -0.25) is 19.5 Å². The molecule has 8 nitrogen and oxygen atoms in total. The van der Waals surface area contributed by atoms with Crippen molar-refractivity contribution in [3.8, 4) is 0 Å². The highest BCUT2D eigenvalue weighted by Crippen LogP contribution is 2.17. The number of methoxy groups -OCH3 is 1. The van der Waals surface area contributed by atoms with Crippen molar-refractivity contribution in [3.05, 3.63) is 84.4 Å². The Morgan fingerprint density at radius 3 is 2.40 bits per heavy atom. The van der Waals surface area contributed by atoms with Crippen molar-refractivity contribution in [3.63, 3.8) is 0 Å². The molecule has 3 rings (SSSR count). The van der Waals surface area contributed by atoms with Crippen LogP contribution in [0.1, 0.15) is 16.1 Å². The largest absolute Gasteiger partial charge is 0.383 e. The monoisotopic (exact) mass is 426 g/mol. The van der Waals surface area contributed by atoms with Gasteiger partial charge in [-0.2, -0.15) is 0 Å². The number of pyridine rings is 2. The normalized spacial score (nSPS) is 11.1. The summed E-state index contributed by atoms with van der Waals surface area (Å²) < 4.78 is 32.7. The smallest absolute Gasteiger partial charge is 0.261 e. The van der Waals surface area contributed by atoms with Gasteiger partial charge in [0.25, 0.3) is 15.9 Å². The van der Waals surface area contributed by atoms with Crippen molar-refractivity contribution in [1.29, 1.82) is 0 Å². The standard InChI is InChI=1S/C21H22N4O4S/c1-29-15-14-25(16-19-4-2-3-11-23-19)21(26)17-5-7-20(8-6-17)30(27,28)24-18-9-12-22-13-10-18/h2-13H,14-16H2,1H3,(H,22,24). The van der Waals surface area contributed by atoms with Crippen molar-refractivity contribution < 1.29 is 17.9 Å². The molecule has 0 radical (unpaired) electrons. The lowest BCUT2D eigenvalue weighted by Gasteiger charge is -2.22. The number of nitrogens with zero attached hydrogens (tertiary/aromatic N) is 3. The maximum Gasteiger partial charge on any atom is 0.261 e. The number of ether oxygens (including phenoxy) is 1. The fourth-order valence-electron chi connectivity index (χ4n) is 2.73. The van der Waals surface area contributed by atoms with Gasteiger partial charge in [-0.05, 0) is 48.5 Å². The predicted octanol–water partition coefficient (Wildman–Crippen LogP) is 2.57. The van der Waals surface area contributed by atoms with E-state index in [9.17, 15) is 13.2 Å². The Morgan fingerprint density at radius 1 is 1.03 bits per heavy atom. The van der Waals surface area contributed by atoms with E-state index in [1.165, 1.54) is 36.7 Å². The molecule has 3 aromatic rings. The minimum absolute atomic E-state index is 0.0593. The molecule has 2 heterocycles. The van der Waals surface area contributed by atoms with Gasteiger partial charge in [0.05, 0.1) is 29.4 Å². The Bertz CT molecular complexity index is 1060. The van der Waals surface area contributed by atoms with Crippen LogP contribution in [0.3, 0.4) is 0 Å². The zero-order valence-corrected chi connectivity index (χ0v) is 17.2. The van der Waals surface area contributed by atoms with Gasteiger partial charge >= 0.3 is 0 Å². The fraction of sp³-hybridized carbons (Fsp3) is 0.190. The summed E-state index contributed by atoms with van der Waals surface area (Å²) in [5, 5.41) is 0. The molecule has 0 saturated carbocycles. The number of nitrogens with one attached hydrogen (secondary N) is 1.